The van der Waals surface area contributed by atoms with Gasteiger partial charge < -0.3 is 19.6 Å². The van der Waals surface area contributed by atoms with Crippen molar-refractivity contribution in [1.29, 1.82) is 0 Å². The van der Waals surface area contributed by atoms with E-state index in [1.54, 1.807) is 12.0 Å². The van der Waals surface area contributed by atoms with E-state index in [2.05, 4.69) is 0 Å². The molecule has 0 spiro atoms. The van der Waals surface area contributed by atoms with Crippen molar-refractivity contribution in [2.24, 2.45) is 11.8 Å². The average Bonchev–Trinajstić information content (AvgIpc) is 2.50. The monoisotopic (exact) mass is 300 g/mol. The van der Waals surface area contributed by atoms with Gasteiger partial charge in [-0.1, -0.05) is 13.8 Å². The Kier molecular flexibility index (Phi) is 7.67. The summed E-state index contributed by atoms with van der Waals surface area (Å²) in [5.41, 5.74) is 0. The molecule has 6 heteroatoms. The number of hydrogen-bond donors (Lipinski definition) is 1. The highest BCUT2D eigenvalue weighted by atomic mass is 16.5. The van der Waals surface area contributed by atoms with E-state index < -0.39 is 0 Å². The van der Waals surface area contributed by atoms with Crippen molar-refractivity contribution in [1.82, 2.24) is 9.80 Å². The van der Waals surface area contributed by atoms with E-state index in [0.717, 1.165) is 0 Å². The van der Waals surface area contributed by atoms with Crippen molar-refractivity contribution in [3.05, 3.63) is 0 Å². The highest BCUT2D eigenvalue weighted by Crippen LogP contribution is 2.21. The van der Waals surface area contributed by atoms with Gasteiger partial charge in [0.25, 0.3) is 0 Å². The SMILES string of the molecule is COCCN(CCO)C(=O)C1CCN(C(=O)C(C)C)CC1. The minimum absolute atomic E-state index is 0.00448. The fourth-order valence-electron chi connectivity index (χ4n) is 2.62. The molecule has 122 valence electrons. The number of nitrogens with zero attached hydrogens (tertiary/aromatic N) is 2. The van der Waals surface area contributed by atoms with E-state index in [1.165, 1.54) is 0 Å². The summed E-state index contributed by atoms with van der Waals surface area (Å²) in [7, 11) is 1.59. The van der Waals surface area contributed by atoms with Gasteiger partial charge in [0, 0.05) is 45.1 Å². The molecule has 1 saturated heterocycles. The van der Waals surface area contributed by atoms with Crippen LogP contribution in [0.15, 0.2) is 0 Å². The maximum atomic E-state index is 12.5. The van der Waals surface area contributed by atoms with Crippen molar-refractivity contribution < 1.29 is 19.4 Å². The van der Waals surface area contributed by atoms with Gasteiger partial charge in [-0.2, -0.15) is 0 Å². The lowest BCUT2D eigenvalue weighted by molar-refractivity contribution is -0.142. The molecule has 1 aliphatic heterocycles. The number of rotatable bonds is 7. The van der Waals surface area contributed by atoms with Crippen molar-refractivity contribution in [3.8, 4) is 0 Å². The lowest BCUT2D eigenvalue weighted by atomic mass is 9.94. The molecule has 0 unspecified atom stereocenters. The van der Waals surface area contributed by atoms with Gasteiger partial charge in [-0.3, -0.25) is 9.59 Å². The molecule has 0 aromatic heterocycles. The first-order valence-corrected chi connectivity index (χ1v) is 7.68. The number of amides is 2. The molecule has 0 radical (unpaired) electrons. The first-order valence-electron chi connectivity index (χ1n) is 7.68. The second-order valence-corrected chi connectivity index (χ2v) is 5.80. The van der Waals surface area contributed by atoms with Gasteiger partial charge in [0.05, 0.1) is 13.2 Å². The summed E-state index contributed by atoms with van der Waals surface area (Å²) in [5.74, 6) is 0.180. The standard InChI is InChI=1S/C15H28N2O4/c1-12(2)14(19)16-6-4-13(5-7-16)15(20)17(8-10-18)9-11-21-3/h12-13,18H,4-11H2,1-3H3. The van der Waals surface area contributed by atoms with E-state index in [1.807, 2.05) is 18.7 Å². The zero-order chi connectivity index (χ0) is 15.8. The Bertz CT molecular complexity index is 339. The minimum Gasteiger partial charge on any atom is -0.395 e. The molecule has 6 nitrogen and oxygen atoms in total. The zero-order valence-electron chi connectivity index (χ0n) is 13.4. The highest BCUT2D eigenvalue weighted by Gasteiger charge is 2.30. The summed E-state index contributed by atoms with van der Waals surface area (Å²) in [6, 6.07) is 0. The molecule has 1 aliphatic rings. The molecule has 2 amide bonds. The second-order valence-electron chi connectivity index (χ2n) is 5.80. The Morgan fingerprint density at radius 3 is 2.38 bits per heavy atom. The molecule has 1 N–H and O–H groups in total. The molecular formula is C15H28N2O4. The molecule has 0 aliphatic carbocycles. The Labute approximate surface area is 127 Å². The van der Waals surface area contributed by atoms with Crippen LogP contribution in [-0.4, -0.2) is 73.2 Å². The third kappa shape index (κ3) is 5.28. The second kappa shape index (κ2) is 9.00. The first-order chi connectivity index (χ1) is 10.0. The fraction of sp³-hybridized carbons (Fsp3) is 0.867. The van der Waals surface area contributed by atoms with Gasteiger partial charge in [-0.25, -0.2) is 0 Å². The van der Waals surface area contributed by atoms with Crippen LogP contribution in [-0.2, 0) is 14.3 Å². The molecule has 1 rings (SSSR count). The lowest BCUT2D eigenvalue weighted by Gasteiger charge is -2.34. The molecule has 0 aromatic rings. The topological polar surface area (TPSA) is 70.1 Å². The molecule has 1 fully saturated rings. The number of hydrogen-bond acceptors (Lipinski definition) is 4. The quantitative estimate of drug-likeness (QED) is 0.736. The van der Waals surface area contributed by atoms with Crippen molar-refractivity contribution >= 4 is 11.8 Å². The number of likely N-dealkylation sites (tertiary alicyclic amines) is 1. The van der Waals surface area contributed by atoms with Crippen LogP contribution in [0.2, 0.25) is 0 Å². The van der Waals surface area contributed by atoms with Gasteiger partial charge in [0.2, 0.25) is 11.8 Å². The minimum atomic E-state index is -0.0513. The maximum absolute atomic E-state index is 12.5. The number of carbonyl (C=O) groups excluding carboxylic acids is 2. The third-order valence-electron chi connectivity index (χ3n) is 3.90. The predicted molar refractivity (Wildman–Crippen MR) is 79.7 cm³/mol. The van der Waals surface area contributed by atoms with Gasteiger partial charge in [0.15, 0.2) is 0 Å². The largest absolute Gasteiger partial charge is 0.395 e. The van der Waals surface area contributed by atoms with Gasteiger partial charge >= 0.3 is 0 Å². The van der Waals surface area contributed by atoms with Crippen molar-refractivity contribution in [3.63, 3.8) is 0 Å². The molecule has 0 atom stereocenters. The number of carbonyl (C=O) groups is 2. The summed E-state index contributed by atoms with van der Waals surface area (Å²) in [5, 5.41) is 9.07. The molecular weight excluding hydrogens is 272 g/mol. The van der Waals surface area contributed by atoms with Crippen LogP contribution >= 0.6 is 0 Å². The van der Waals surface area contributed by atoms with Crippen LogP contribution in [0.3, 0.4) is 0 Å². The smallest absolute Gasteiger partial charge is 0.225 e. The zero-order valence-corrected chi connectivity index (χ0v) is 13.4. The van der Waals surface area contributed by atoms with Gasteiger partial charge in [0.1, 0.15) is 0 Å². The Hall–Kier alpha value is -1.14. The van der Waals surface area contributed by atoms with E-state index in [0.29, 0.717) is 45.6 Å². The van der Waals surface area contributed by atoms with Gasteiger partial charge in [-0.05, 0) is 12.8 Å². The summed E-state index contributed by atoms with van der Waals surface area (Å²) >= 11 is 0. The summed E-state index contributed by atoms with van der Waals surface area (Å²) in [6.45, 7) is 6.35. The summed E-state index contributed by atoms with van der Waals surface area (Å²) in [6.07, 6.45) is 1.40. The van der Waals surface area contributed by atoms with Crippen LogP contribution in [0.1, 0.15) is 26.7 Å². The number of ether oxygens (including phenoxy) is 1. The van der Waals surface area contributed by atoms with Crippen LogP contribution in [0.4, 0.5) is 0 Å². The van der Waals surface area contributed by atoms with E-state index >= 15 is 0 Å². The van der Waals surface area contributed by atoms with Gasteiger partial charge in [-0.15, -0.1) is 0 Å². The number of aliphatic hydroxyl groups excluding tert-OH is 1. The Morgan fingerprint density at radius 1 is 1.29 bits per heavy atom. The molecule has 21 heavy (non-hydrogen) atoms. The summed E-state index contributed by atoms with van der Waals surface area (Å²) in [4.78, 5) is 27.9. The average molecular weight is 300 g/mol. The molecule has 0 saturated carbocycles. The number of piperidine rings is 1. The van der Waals surface area contributed by atoms with Crippen molar-refractivity contribution in [2.75, 3.05) is 46.5 Å². The van der Waals surface area contributed by atoms with Crippen LogP contribution in [0, 0.1) is 11.8 Å². The Balaban J connectivity index is 2.51. The van der Waals surface area contributed by atoms with Crippen LogP contribution in [0.25, 0.3) is 0 Å². The number of aliphatic hydroxyl groups is 1. The lowest BCUT2D eigenvalue weighted by Crippen LogP contribution is -2.46. The van der Waals surface area contributed by atoms with Crippen LogP contribution < -0.4 is 0 Å². The molecule has 0 aromatic carbocycles. The van der Waals surface area contributed by atoms with E-state index in [9.17, 15) is 9.59 Å². The third-order valence-corrected chi connectivity index (χ3v) is 3.90. The number of methoxy groups -OCH3 is 1. The normalized spacial score (nSPS) is 16.3. The maximum Gasteiger partial charge on any atom is 0.225 e. The Morgan fingerprint density at radius 2 is 1.90 bits per heavy atom. The fourth-order valence-corrected chi connectivity index (χ4v) is 2.62. The van der Waals surface area contributed by atoms with E-state index in [4.69, 9.17) is 9.84 Å². The first kappa shape index (κ1) is 17.9. The summed E-state index contributed by atoms with van der Waals surface area (Å²) < 4.78 is 5.00. The van der Waals surface area contributed by atoms with E-state index in [-0.39, 0.29) is 30.3 Å². The highest BCUT2D eigenvalue weighted by molar-refractivity contribution is 5.80. The van der Waals surface area contributed by atoms with Crippen LogP contribution in [0.5, 0.6) is 0 Å². The molecule has 0 bridgehead atoms. The predicted octanol–water partition coefficient (Wildman–Crippen LogP) is 0.348. The molecule has 1 heterocycles. The van der Waals surface area contributed by atoms with Crippen molar-refractivity contribution in [2.45, 2.75) is 26.7 Å².